The Morgan fingerprint density at radius 1 is 1.33 bits per heavy atom. The summed E-state index contributed by atoms with van der Waals surface area (Å²) in [6.07, 6.45) is 11.9. The van der Waals surface area contributed by atoms with Crippen LogP contribution in [0.4, 0.5) is 0 Å². The van der Waals surface area contributed by atoms with Gasteiger partial charge in [-0.3, -0.25) is 0 Å². The van der Waals surface area contributed by atoms with Gasteiger partial charge in [0.1, 0.15) is 0 Å². The highest BCUT2D eigenvalue weighted by Gasteiger charge is 1.96. The molecule has 0 aromatic rings. The Balaban J connectivity index is 3.45. The van der Waals surface area contributed by atoms with Gasteiger partial charge in [-0.05, 0) is 12.8 Å². The summed E-state index contributed by atoms with van der Waals surface area (Å²) in [7, 11) is 0. The first kappa shape index (κ1) is 11.2. The van der Waals surface area contributed by atoms with E-state index in [1.165, 1.54) is 0 Å². The largest absolute Gasteiger partial charge is 0.393 e. The van der Waals surface area contributed by atoms with Crippen molar-refractivity contribution in [2.24, 2.45) is 0 Å². The van der Waals surface area contributed by atoms with Gasteiger partial charge in [-0.2, -0.15) is 0 Å². The first-order valence-electron chi connectivity index (χ1n) is 4.43. The van der Waals surface area contributed by atoms with Gasteiger partial charge in [-0.25, -0.2) is 0 Å². The molecule has 0 fully saturated rings. The minimum Gasteiger partial charge on any atom is -0.393 e. The first-order chi connectivity index (χ1) is 5.81. The lowest BCUT2D eigenvalue weighted by molar-refractivity contribution is 0.167. The third-order valence-corrected chi connectivity index (χ3v) is 1.52. The molecule has 1 nitrogen and oxygen atoms in total. The van der Waals surface area contributed by atoms with E-state index in [4.69, 9.17) is 0 Å². The van der Waals surface area contributed by atoms with Crippen molar-refractivity contribution in [3.8, 4) is 0 Å². The number of hydrogen-bond acceptors (Lipinski definition) is 1. The average Bonchev–Trinajstić information content (AvgIpc) is 2.05. The minimum atomic E-state index is -0.177. The molecule has 0 saturated carbocycles. The number of allylic oxidation sites excluding steroid dienone is 4. The van der Waals surface area contributed by atoms with Crippen molar-refractivity contribution in [3.05, 3.63) is 37.0 Å². The van der Waals surface area contributed by atoms with Crippen LogP contribution in [0.1, 0.15) is 26.2 Å². The van der Waals surface area contributed by atoms with Crippen molar-refractivity contribution in [3.63, 3.8) is 0 Å². The molecule has 1 N–H and O–H groups in total. The summed E-state index contributed by atoms with van der Waals surface area (Å²) in [6, 6.07) is 0. The van der Waals surface area contributed by atoms with Crippen LogP contribution in [-0.4, -0.2) is 11.2 Å². The predicted molar refractivity (Wildman–Crippen MR) is 54.0 cm³/mol. The fourth-order valence-corrected chi connectivity index (χ4v) is 0.908. The molecular weight excluding hydrogens is 148 g/mol. The van der Waals surface area contributed by atoms with Crippen LogP contribution in [0.2, 0.25) is 0 Å². The maximum atomic E-state index is 9.31. The lowest BCUT2D eigenvalue weighted by Gasteiger charge is -2.03. The number of aliphatic hydroxyl groups excluding tert-OH is 1. The summed E-state index contributed by atoms with van der Waals surface area (Å²) < 4.78 is 0. The zero-order valence-electron chi connectivity index (χ0n) is 7.74. The third kappa shape index (κ3) is 7.29. The van der Waals surface area contributed by atoms with Crippen molar-refractivity contribution in [1.29, 1.82) is 0 Å². The van der Waals surface area contributed by atoms with Crippen molar-refractivity contribution in [2.75, 3.05) is 0 Å². The van der Waals surface area contributed by atoms with E-state index < -0.39 is 0 Å². The van der Waals surface area contributed by atoms with Crippen LogP contribution in [0.3, 0.4) is 0 Å². The zero-order chi connectivity index (χ0) is 9.23. The van der Waals surface area contributed by atoms with Crippen LogP contribution in [0.25, 0.3) is 0 Å². The topological polar surface area (TPSA) is 20.2 Å². The molecule has 0 bridgehead atoms. The Bertz CT molecular complexity index is 156. The number of rotatable bonds is 6. The molecule has 68 valence electrons. The third-order valence-electron chi connectivity index (χ3n) is 1.52. The van der Waals surface area contributed by atoms with Gasteiger partial charge in [0.15, 0.2) is 0 Å². The summed E-state index contributed by atoms with van der Waals surface area (Å²) in [5.74, 6) is 0. The molecule has 0 aliphatic rings. The van der Waals surface area contributed by atoms with Gasteiger partial charge in [0.2, 0.25) is 0 Å². The second-order valence-corrected chi connectivity index (χ2v) is 2.73. The van der Waals surface area contributed by atoms with Gasteiger partial charge in [-0.1, -0.05) is 50.3 Å². The van der Waals surface area contributed by atoms with Crippen molar-refractivity contribution >= 4 is 0 Å². The molecule has 0 aliphatic heterocycles. The maximum absolute atomic E-state index is 9.31. The normalized spacial score (nSPS) is 14.2. The molecule has 0 unspecified atom stereocenters. The molecule has 0 heterocycles. The van der Waals surface area contributed by atoms with E-state index in [0.29, 0.717) is 0 Å². The fraction of sp³-hybridized carbons (Fsp3) is 0.455. The standard InChI is InChI=1S/C11H18O/c1-3-5-6-7-8-10-11(12)9-4-2/h3,5-8,11-12H,1,4,9-10H2,2H3/b6-5+,8-7?/t11-/m0/s1. The van der Waals surface area contributed by atoms with Crippen molar-refractivity contribution < 1.29 is 5.11 Å². The SMILES string of the molecule is C=C/C=C/C=CC[C@@H](O)CCC. The lowest BCUT2D eigenvalue weighted by Crippen LogP contribution is -2.02. The van der Waals surface area contributed by atoms with Gasteiger partial charge >= 0.3 is 0 Å². The Kier molecular flexibility index (Phi) is 7.71. The van der Waals surface area contributed by atoms with Crippen molar-refractivity contribution in [2.45, 2.75) is 32.3 Å². The van der Waals surface area contributed by atoms with E-state index >= 15 is 0 Å². The highest BCUT2D eigenvalue weighted by molar-refractivity contribution is 5.08. The van der Waals surface area contributed by atoms with E-state index in [0.717, 1.165) is 19.3 Å². The van der Waals surface area contributed by atoms with E-state index in [2.05, 4.69) is 13.5 Å². The van der Waals surface area contributed by atoms with E-state index in [1.54, 1.807) is 6.08 Å². The highest BCUT2D eigenvalue weighted by atomic mass is 16.3. The predicted octanol–water partition coefficient (Wildman–Crippen LogP) is 2.84. The molecule has 1 heteroatoms. The first-order valence-corrected chi connectivity index (χ1v) is 4.43. The van der Waals surface area contributed by atoms with Crippen LogP contribution in [-0.2, 0) is 0 Å². The maximum Gasteiger partial charge on any atom is 0.0574 e. The van der Waals surface area contributed by atoms with E-state index in [1.807, 2.05) is 24.3 Å². The summed E-state index contributed by atoms with van der Waals surface area (Å²) in [4.78, 5) is 0. The fourth-order valence-electron chi connectivity index (χ4n) is 0.908. The number of aliphatic hydroxyl groups is 1. The average molecular weight is 166 g/mol. The monoisotopic (exact) mass is 166 g/mol. The molecule has 0 aliphatic carbocycles. The Morgan fingerprint density at radius 2 is 2.08 bits per heavy atom. The van der Waals surface area contributed by atoms with Crippen molar-refractivity contribution in [1.82, 2.24) is 0 Å². The molecule has 1 atom stereocenters. The van der Waals surface area contributed by atoms with Crippen LogP contribution < -0.4 is 0 Å². The highest BCUT2D eigenvalue weighted by Crippen LogP contribution is 2.01. The summed E-state index contributed by atoms with van der Waals surface area (Å²) >= 11 is 0. The van der Waals surface area contributed by atoms with Gasteiger partial charge in [0.25, 0.3) is 0 Å². The van der Waals surface area contributed by atoms with Crippen LogP contribution in [0.5, 0.6) is 0 Å². The lowest BCUT2D eigenvalue weighted by atomic mass is 10.1. The summed E-state index contributed by atoms with van der Waals surface area (Å²) in [5, 5.41) is 9.31. The molecule has 12 heavy (non-hydrogen) atoms. The molecule has 0 aromatic heterocycles. The van der Waals surface area contributed by atoms with Crippen LogP contribution >= 0.6 is 0 Å². The van der Waals surface area contributed by atoms with E-state index in [-0.39, 0.29) is 6.10 Å². The molecule has 0 aromatic carbocycles. The van der Waals surface area contributed by atoms with Gasteiger partial charge in [0, 0.05) is 0 Å². The van der Waals surface area contributed by atoms with Gasteiger partial charge in [-0.15, -0.1) is 0 Å². The smallest absolute Gasteiger partial charge is 0.0574 e. The molecule has 0 spiro atoms. The second kappa shape index (κ2) is 8.28. The molecule has 0 rings (SSSR count). The van der Waals surface area contributed by atoms with Gasteiger partial charge in [0.05, 0.1) is 6.10 Å². The Labute approximate surface area is 75.1 Å². The van der Waals surface area contributed by atoms with E-state index in [9.17, 15) is 5.11 Å². The molecule has 0 saturated heterocycles. The number of hydrogen-bond donors (Lipinski definition) is 1. The zero-order valence-corrected chi connectivity index (χ0v) is 7.74. The molecule has 0 amide bonds. The second-order valence-electron chi connectivity index (χ2n) is 2.73. The summed E-state index contributed by atoms with van der Waals surface area (Å²) in [6.45, 7) is 5.63. The quantitative estimate of drug-likeness (QED) is 0.601. The van der Waals surface area contributed by atoms with Crippen LogP contribution in [0, 0.1) is 0 Å². The van der Waals surface area contributed by atoms with Gasteiger partial charge < -0.3 is 5.11 Å². The Hall–Kier alpha value is -0.820. The minimum absolute atomic E-state index is 0.177. The molecular formula is C11H18O. The van der Waals surface area contributed by atoms with Crippen LogP contribution in [0.15, 0.2) is 37.0 Å². The summed E-state index contributed by atoms with van der Waals surface area (Å²) in [5.41, 5.74) is 0. The molecule has 0 radical (unpaired) electrons. The Morgan fingerprint density at radius 3 is 2.67 bits per heavy atom.